The lowest BCUT2D eigenvalue weighted by molar-refractivity contribution is 0.399. The number of nitrogens with zero attached hydrogens (tertiary/aromatic N) is 3. The van der Waals surface area contributed by atoms with Crippen LogP contribution in [0, 0.1) is 11.3 Å². The summed E-state index contributed by atoms with van der Waals surface area (Å²) in [4.78, 5) is 6.34. The van der Waals surface area contributed by atoms with Crippen molar-refractivity contribution in [1.82, 2.24) is 4.98 Å². The van der Waals surface area contributed by atoms with Gasteiger partial charge in [-0.25, -0.2) is 4.98 Å². The maximum atomic E-state index is 8.70. The molecule has 0 amide bonds. The lowest BCUT2D eigenvalue weighted by atomic mass is 9.92. The number of anilines is 2. The molecule has 0 radical (unpaired) electrons. The van der Waals surface area contributed by atoms with Crippen LogP contribution in [0.25, 0.3) is 0 Å². The Morgan fingerprint density at radius 1 is 1.60 bits per heavy atom. The molecule has 0 spiro atoms. The number of hydrogen-bond donors (Lipinski definition) is 1. The Kier molecular flexibility index (Phi) is 2.46. The van der Waals surface area contributed by atoms with Gasteiger partial charge in [0.05, 0.1) is 11.3 Å². The summed E-state index contributed by atoms with van der Waals surface area (Å²) in [7, 11) is 2.01. The highest BCUT2D eigenvalue weighted by atomic mass is 15.2. The van der Waals surface area contributed by atoms with Gasteiger partial charge in [0.15, 0.2) is 5.82 Å². The van der Waals surface area contributed by atoms with Crippen molar-refractivity contribution >= 4 is 11.5 Å². The third-order valence-electron chi connectivity index (χ3n) is 2.98. The molecule has 1 aromatic heterocycles. The van der Waals surface area contributed by atoms with Gasteiger partial charge in [-0.15, -0.1) is 0 Å². The number of hydrogen-bond acceptors (Lipinski definition) is 4. The predicted octanol–water partition coefficient (Wildman–Crippen LogP) is 1.52. The number of nitrogens with two attached hydrogens (primary N) is 1. The summed E-state index contributed by atoms with van der Waals surface area (Å²) in [5, 5.41) is 8.70. The molecule has 0 bridgehead atoms. The Balaban J connectivity index is 2.24. The molecule has 0 saturated heterocycles. The molecule has 2 rings (SSSR count). The van der Waals surface area contributed by atoms with E-state index in [4.69, 9.17) is 11.0 Å². The summed E-state index contributed by atoms with van der Waals surface area (Å²) in [5.41, 5.74) is 6.96. The zero-order valence-corrected chi connectivity index (χ0v) is 8.77. The van der Waals surface area contributed by atoms with Gasteiger partial charge in [-0.05, 0) is 25.3 Å². The molecule has 0 aromatic carbocycles. The molecule has 15 heavy (non-hydrogen) atoms. The SMILES string of the molecule is CN(c1ncc(C#N)cc1N)C1CCC1. The number of nitrogen functional groups attached to an aromatic ring is 1. The fourth-order valence-electron chi connectivity index (χ4n) is 1.78. The van der Waals surface area contributed by atoms with E-state index in [2.05, 4.69) is 9.88 Å². The second-order valence-corrected chi connectivity index (χ2v) is 3.94. The summed E-state index contributed by atoms with van der Waals surface area (Å²) >= 11 is 0. The standard InChI is InChI=1S/C11H14N4/c1-15(9-3-2-4-9)11-10(13)5-8(6-12)7-14-11/h5,7,9H,2-4,13H2,1H3. The van der Waals surface area contributed by atoms with Gasteiger partial charge < -0.3 is 10.6 Å². The molecule has 1 fully saturated rings. The fourth-order valence-corrected chi connectivity index (χ4v) is 1.78. The Morgan fingerprint density at radius 2 is 2.33 bits per heavy atom. The molecular weight excluding hydrogens is 188 g/mol. The van der Waals surface area contributed by atoms with Gasteiger partial charge in [-0.3, -0.25) is 0 Å². The third-order valence-corrected chi connectivity index (χ3v) is 2.98. The van der Waals surface area contributed by atoms with Gasteiger partial charge in [0.25, 0.3) is 0 Å². The lowest BCUT2D eigenvalue weighted by Crippen LogP contribution is -2.38. The smallest absolute Gasteiger partial charge is 0.151 e. The molecular formula is C11H14N4. The van der Waals surface area contributed by atoms with Gasteiger partial charge in [0, 0.05) is 19.3 Å². The van der Waals surface area contributed by atoms with E-state index < -0.39 is 0 Å². The second kappa shape index (κ2) is 3.77. The molecule has 1 aromatic rings. The molecule has 1 aliphatic carbocycles. The molecule has 78 valence electrons. The average molecular weight is 202 g/mol. The number of aromatic nitrogens is 1. The minimum absolute atomic E-state index is 0.512. The third kappa shape index (κ3) is 1.73. The topological polar surface area (TPSA) is 65.9 Å². The van der Waals surface area contributed by atoms with Crippen LogP contribution in [0.2, 0.25) is 0 Å². The van der Waals surface area contributed by atoms with Crippen molar-refractivity contribution in [3.63, 3.8) is 0 Å². The summed E-state index contributed by atoms with van der Waals surface area (Å²) < 4.78 is 0. The van der Waals surface area contributed by atoms with E-state index in [0.717, 1.165) is 5.82 Å². The predicted molar refractivity (Wildman–Crippen MR) is 59.4 cm³/mol. The Hall–Kier alpha value is -1.76. The van der Waals surface area contributed by atoms with Crippen LogP contribution in [0.4, 0.5) is 11.5 Å². The highest BCUT2D eigenvalue weighted by Gasteiger charge is 2.24. The summed E-state index contributed by atoms with van der Waals surface area (Å²) in [6.45, 7) is 0. The number of nitriles is 1. The number of rotatable bonds is 2. The Labute approximate surface area is 89.3 Å². The van der Waals surface area contributed by atoms with Crippen LogP contribution in [0.5, 0.6) is 0 Å². The molecule has 0 aliphatic heterocycles. The minimum Gasteiger partial charge on any atom is -0.396 e. The van der Waals surface area contributed by atoms with Crippen LogP contribution in [-0.2, 0) is 0 Å². The molecule has 0 unspecified atom stereocenters. The molecule has 2 N–H and O–H groups in total. The highest BCUT2D eigenvalue weighted by molar-refractivity contribution is 5.64. The fraction of sp³-hybridized carbons (Fsp3) is 0.455. The van der Waals surface area contributed by atoms with E-state index >= 15 is 0 Å². The maximum Gasteiger partial charge on any atom is 0.151 e. The van der Waals surface area contributed by atoms with Gasteiger partial charge in [-0.1, -0.05) is 0 Å². The Bertz CT molecular complexity index is 404. The molecule has 0 atom stereocenters. The monoisotopic (exact) mass is 202 g/mol. The van der Waals surface area contributed by atoms with Crippen molar-refractivity contribution < 1.29 is 0 Å². The summed E-state index contributed by atoms with van der Waals surface area (Å²) in [6, 6.07) is 4.27. The first-order valence-electron chi connectivity index (χ1n) is 5.11. The van der Waals surface area contributed by atoms with Crippen LogP contribution in [0.15, 0.2) is 12.3 Å². The molecule has 4 nitrogen and oxygen atoms in total. The normalized spacial score (nSPS) is 15.5. The van der Waals surface area contributed by atoms with Crippen molar-refractivity contribution in [2.75, 3.05) is 17.7 Å². The molecule has 4 heteroatoms. The van der Waals surface area contributed by atoms with Gasteiger partial charge in [-0.2, -0.15) is 5.26 Å². The zero-order chi connectivity index (χ0) is 10.8. The van der Waals surface area contributed by atoms with E-state index in [1.165, 1.54) is 19.3 Å². The summed E-state index contributed by atoms with van der Waals surface area (Å²) in [6.07, 6.45) is 5.27. The lowest BCUT2D eigenvalue weighted by Gasteiger charge is -2.36. The second-order valence-electron chi connectivity index (χ2n) is 3.94. The van der Waals surface area contributed by atoms with E-state index in [1.807, 2.05) is 13.1 Å². The molecule has 1 saturated carbocycles. The summed E-state index contributed by atoms with van der Waals surface area (Å²) in [5.74, 6) is 0.790. The van der Waals surface area contributed by atoms with Gasteiger partial charge in [0.2, 0.25) is 0 Å². The van der Waals surface area contributed by atoms with Crippen LogP contribution in [0.1, 0.15) is 24.8 Å². The van der Waals surface area contributed by atoms with Crippen molar-refractivity contribution in [2.24, 2.45) is 0 Å². The van der Waals surface area contributed by atoms with E-state index in [0.29, 0.717) is 17.3 Å². The van der Waals surface area contributed by atoms with E-state index in [-0.39, 0.29) is 0 Å². The van der Waals surface area contributed by atoms with Crippen LogP contribution < -0.4 is 10.6 Å². The minimum atomic E-state index is 0.512. The average Bonchev–Trinajstić information content (AvgIpc) is 2.14. The van der Waals surface area contributed by atoms with Gasteiger partial charge in [0.1, 0.15) is 6.07 Å². The van der Waals surface area contributed by atoms with Crippen LogP contribution >= 0.6 is 0 Å². The molecule has 1 heterocycles. The number of pyridine rings is 1. The van der Waals surface area contributed by atoms with Crippen molar-refractivity contribution in [2.45, 2.75) is 25.3 Å². The van der Waals surface area contributed by atoms with Crippen molar-refractivity contribution in [3.05, 3.63) is 17.8 Å². The van der Waals surface area contributed by atoms with E-state index in [9.17, 15) is 0 Å². The first-order chi connectivity index (χ1) is 7.22. The largest absolute Gasteiger partial charge is 0.396 e. The van der Waals surface area contributed by atoms with Crippen LogP contribution in [-0.4, -0.2) is 18.1 Å². The first kappa shape index (κ1) is 9.78. The molecule has 1 aliphatic rings. The quantitative estimate of drug-likeness (QED) is 0.789. The highest BCUT2D eigenvalue weighted by Crippen LogP contribution is 2.30. The van der Waals surface area contributed by atoms with E-state index in [1.54, 1.807) is 12.3 Å². The van der Waals surface area contributed by atoms with Crippen molar-refractivity contribution in [3.8, 4) is 6.07 Å². The maximum absolute atomic E-state index is 8.70. The van der Waals surface area contributed by atoms with Crippen LogP contribution in [0.3, 0.4) is 0 Å². The van der Waals surface area contributed by atoms with Crippen molar-refractivity contribution in [1.29, 1.82) is 5.26 Å². The zero-order valence-electron chi connectivity index (χ0n) is 8.77. The Morgan fingerprint density at radius 3 is 2.80 bits per heavy atom. The first-order valence-corrected chi connectivity index (χ1v) is 5.11. The van der Waals surface area contributed by atoms with Gasteiger partial charge >= 0.3 is 0 Å².